The maximum absolute atomic E-state index is 13.3. The van der Waals surface area contributed by atoms with Crippen molar-refractivity contribution in [1.29, 1.82) is 0 Å². The summed E-state index contributed by atoms with van der Waals surface area (Å²) in [7, 11) is -3.58. The van der Waals surface area contributed by atoms with Crippen LogP contribution in [-0.4, -0.2) is 100 Å². The van der Waals surface area contributed by atoms with Gasteiger partial charge < -0.3 is 35.6 Å². The largest absolute Gasteiger partial charge is 0.489 e. The smallest absolute Gasteiger partial charge is 0.246 e. The molecule has 5 rings (SSSR count). The molecule has 4 N–H and O–H groups in total. The molecule has 2 aromatic carbocycles. The molecule has 2 aliphatic heterocycles. The van der Waals surface area contributed by atoms with Crippen LogP contribution in [0.3, 0.4) is 0 Å². The number of likely N-dealkylation sites (tertiary alicyclic amines) is 2. The Bertz CT molecular complexity index is 2210. The molecule has 3 heterocycles. The summed E-state index contributed by atoms with van der Waals surface area (Å²) in [5.41, 5.74) is 2.82. The number of carbonyl (C=O) groups excluding carboxylic acids is 3. The summed E-state index contributed by atoms with van der Waals surface area (Å²) in [6.45, 7) is 18.7. The van der Waals surface area contributed by atoms with Gasteiger partial charge in [-0.1, -0.05) is 63.8 Å². The van der Waals surface area contributed by atoms with Crippen LogP contribution in [0.4, 0.5) is 23.1 Å². The van der Waals surface area contributed by atoms with Crippen LogP contribution in [0.2, 0.25) is 5.02 Å². The first-order valence-electron chi connectivity index (χ1n) is 22.9. The number of benzene rings is 2. The molecule has 64 heavy (non-hydrogen) atoms. The number of hydrogen-bond donors (Lipinski definition) is 4. The van der Waals surface area contributed by atoms with Crippen LogP contribution in [0.1, 0.15) is 137 Å². The molecule has 0 aliphatic carbocycles. The number of ether oxygens (including phenoxy) is 1. The van der Waals surface area contributed by atoms with E-state index in [1.54, 1.807) is 43.0 Å². The predicted molar refractivity (Wildman–Crippen MR) is 253 cm³/mol. The Kier molecular flexibility index (Phi) is 17.5. The highest BCUT2D eigenvalue weighted by Crippen LogP contribution is 2.39. The van der Waals surface area contributed by atoms with Gasteiger partial charge >= 0.3 is 0 Å². The second kappa shape index (κ2) is 22.1. The molecule has 3 amide bonds. The molecular formula is C48H70ClN7O7S. The van der Waals surface area contributed by atoms with Crippen LogP contribution in [0.25, 0.3) is 0 Å². The number of aliphatic hydroxyl groups excluding tert-OH is 1. The first kappa shape index (κ1) is 50.5. The summed E-state index contributed by atoms with van der Waals surface area (Å²) < 4.78 is 32.5. The highest BCUT2D eigenvalue weighted by atomic mass is 35.5. The van der Waals surface area contributed by atoms with E-state index in [9.17, 15) is 27.9 Å². The number of nitrogens with zero attached hydrogens (tertiary/aromatic N) is 4. The van der Waals surface area contributed by atoms with Crippen molar-refractivity contribution in [3.05, 3.63) is 58.7 Å². The van der Waals surface area contributed by atoms with Crippen molar-refractivity contribution < 1.29 is 32.6 Å². The second-order valence-corrected chi connectivity index (χ2v) is 22.0. The Morgan fingerprint density at radius 3 is 2.23 bits per heavy atom. The van der Waals surface area contributed by atoms with Gasteiger partial charge in [0.15, 0.2) is 15.7 Å². The van der Waals surface area contributed by atoms with Crippen molar-refractivity contribution in [1.82, 2.24) is 25.1 Å². The molecule has 2 saturated heterocycles. The lowest BCUT2D eigenvalue weighted by atomic mass is 9.85. The molecular weight excluding hydrogens is 854 g/mol. The monoisotopic (exact) mass is 923 g/mol. The summed E-state index contributed by atoms with van der Waals surface area (Å²) >= 11 is 6.51. The highest BCUT2D eigenvalue weighted by Gasteiger charge is 2.40. The number of nitrogens with one attached hydrogen (secondary N) is 3. The molecule has 14 nitrogen and oxygen atoms in total. The minimum Gasteiger partial charge on any atom is -0.489 e. The van der Waals surface area contributed by atoms with Gasteiger partial charge in [-0.15, -0.1) is 0 Å². The minimum absolute atomic E-state index is 0.0587. The Hall–Kier alpha value is -4.47. The van der Waals surface area contributed by atoms with E-state index < -0.39 is 32.6 Å². The number of aryl methyl sites for hydroxylation is 1. The Morgan fingerprint density at radius 1 is 0.953 bits per heavy atom. The Labute approximate surface area is 385 Å². The van der Waals surface area contributed by atoms with Crippen molar-refractivity contribution in [2.24, 2.45) is 5.41 Å². The first-order chi connectivity index (χ1) is 30.1. The van der Waals surface area contributed by atoms with E-state index in [1.807, 2.05) is 52.5 Å². The third kappa shape index (κ3) is 13.3. The van der Waals surface area contributed by atoms with E-state index in [-0.39, 0.29) is 57.5 Å². The van der Waals surface area contributed by atoms with E-state index in [0.717, 1.165) is 50.5 Å². The fourth-order valence-electron chi connectivity index (χ4n) is 8.48. The quantitative estimate of drug-likeness (QED) is 0.0843. The van der Waals surface area contributed by atoms with Crippen LogP contribution in [0.15, 0.2) is 47.5 Å². The summed E-state index contributed by atoms with van der Waals surface area (Å²) in [5, 5.41) is 19.0. The summed E-state index contributed by atoms with van der Waals surface area (Å²) in [5.74, 6) is 1.31. The third-order valence-electron chi connectivity index (χ3n) is 12.1. The molecule has 352 valence electrons. The number of halogens is 1. The van der Waals surface area contributed by atoms with Crippen molar-refractivity contribution in [3.63, 3.8) is 0 Å². The maximum Gasteiger partial charge on any atom is 0.246 e. The molecule has 0 saturated carbocycles. The Morgan fingerprint density at radius 2 is 1.61 bits per heavy atom. The van der Waals surface area contributed by atoms with Crippen LogP contribution < -0.4 is 20.7 Å². The number of para-hydroxylation sites is 1. The molecule has 0 spiro atoms. The average Bonchev–Trinajstić information content (AvgIpc) is 3.58. The summed E-state index contributed by atoms with van der Waals surface area (Å²) in [4.78, 5) is 52.3. The van der Waals surface area contributed by atoms with E-state index in [0.29, 0.717) is 56.0 Å². The summed E-state index contributed by atoms with van der Waals surface area (Å²) in [6.07, 6.45) is 8.14. The zero-order chi connectivity index (χ0) is 46.9. The van der Waals surface area contributed by atoms with E-state index >= 15 is 0 Å². The number of anilines is 4. The topological polar surface area (TPSA) is 183 Å². The van der Waals surface area contributed by atoms with Gasteiger partial charge in [-0.2, -0.15) is 4.98 Å². The number of amides is 3. The fourth-order valence-corrected chi connectivity index (χ4v) is 9.82. The van der Waals surface area contributed by atoms with Gasteiger partial charge in [0.05, 0.1) is 39.9 Å². The van der Waals surface area contributed by atoms with Gasteiger partial charge in [-0.05, 0) is 120 Å². The predicted octanol–water partition coefficient (Wildman–Crippen LogP) is 8.84. The highest BCUT2D eigenvalue weighted by molar-refractivity contribution is 7.92. The zero-order valence-corrected chi connectivity index (χ0v) is 40.7. The molecule has 2 aliphatic rings. The van der Waals surface area contributed by atoms with Gasteiger partial charge in [0, 0.05) is 38.5 Å². The number of carbonyl (C=O) groups is 3. The van der Waals surface area contributed by atoms with E-state index in [2.05, 4.69) is 38.9 Å². The normalized spacial score (nSPS) is 17.8. The van der Waals surface area contributed by atoms with E-state index in [4.69, 9.17) is 16.3 Å². The number of aromatic nitrogens is 2. The average molecular weight is 925 g/mol. The molecule has 0 unspecified atom stereocenters. The van der Waals surface area contributed by atoms with Crippen molar-refractivity contribution in [3.8, 4) is 5.75 Å². The summed E-state index contributed by atoms with van der Waals surface area (Å²) in [6, 6.07) is 10.1. The first-order valence-corrected chi connectivity index (χ1v) is 24.8. The number of hydrogen-bond acceptors (Lipinski definition) is 11. The molecule has 3 atom stereocenters. The Balaban J connectivity index is 1.09. The number of piperidine rings is 1. The van der Waals surface area contributed by atoms with Crippen molar-refractivity contribution in [2.45, 2.75) is 167 Å². The van der Waals surface area contributed by atoms with Crippen LogP contribution >= 0.6 is 11.6 Å². The fraction of sp³-hybridized carbons (Fsp3) is 0.604. The lowest BCUT2D eigenvalue weighted by molar-refractivity contribution is -0.140. The van der Waals surface area contributed by atoms with Gasteiger partial charge in [0.25, 0.3) is 0 Å². The zero-order valence-electron chi connectivity index (χ0n) is 39.2. The number of aliphatic hydroxyl groups is 1. The van der Waals surface area contributed by atoms with Crippen LogP contribution in [0.5, 0.6) is 5.75 Å². The van der Waals surface area contributed by atoms with Gasteiger partial charge in [-0.3, -0.25) is 14.4 Å². The van der Waals surface area contributed by atoms with Crippen molar-refractivity contribution in [2.75, 3.05) is 30.3 Å². The second-order valence-electron chi connectivity index (χ2n) is 19.1. The number of unbranched alkanes of at least 4 members (excludes halogenated alkanes) is 4. The molecule has 0 radical (unpaired) electrons. The van der Waals surface area contributed by atoms with E-state index in [1.165, 1.54) is 11.8 Å². The van der Waals surface area contributed by atoms with Crippen LogP contribution in [-0.2, 0) is 24.2 Å². The van der Waals surface area contributed by atoms with Crippen LogP contribution in [0, 0.1) is 12.3 Å². The van der Waals surface area contributed by atoms with Crippen molar-refractivity contribution >= 4 is 62.3 Å². The maximum atomic E-state index is 13.3. The van der Waals surface area contributed by atoms with Gasteiger partial charge in [-0.25, -0.2) is 13.4 Å². The standard InChI is InChI=1S/C48H70ClN7O7S/c1-30(2)63-40-27-36(32(5)25-39(40)52-47-50-28-37(49)45(54-47)51-38-17-15-16-18-41(38)64(61,62)31(3)4)34-21-23-55(24-22-34)43(59)20-14-12-10-11-13-19-42(58)53-44(48(7,8)9)46(60)56-29-35(57)26-33(56)6/h15-18,25,27-28,30-31,33-35,44,57H,10-14,19-24,26,29H2,1-9H3,(H,53,58)(H2,50,51,52,54)/t33-,35-,44-/m1/s1. The number of rotatable bonds is 19. The molecule has 16 heteroatoms. The van der Waals surface area contributed by atoms with Gasteiger partial charge in [0.2, 0.25) is 23.7 Å². The molecule has 0 bridgehead atoms. The molecule has 3 aromatic rings. The number of sulfone groups is 1. The molecule has 2 fully saturated rings. The SMILES string of the molecule is Cc1cc(Nc2ncc(Cl)c(Nc3ccccc3S(=O)(=O)C(C)C)n2)c(OC(C)C)cc1C1CCN(C(=O)CCCCCCCC(=O)N[C@H](C(=O)N2C[C@H](O)C[C@H]2C)C(C)(C)C)CC1. The van der Waals surface area contributed by atoms with Gasteiger partial charge in [0.1, 0.15) is 16.8 Å². The number of β-amino-alcohol motifs (C(OH)–C–C–N with tert-alkyl or cyclic N) is 1. The lowest BCUT2D eigenvalue weighted by Crippen LogP contribution is -2.55. The lowest BCUT2D eigenvalue weighted by Gasteiger charge is -2.35. The molecule has 1 aromatic heterocycles. The minimum atomic E-state index is -3.58. The third-order valence-corrected chi connectivity index (χ3v) is 14.6.